The zero-order valence-corrected chi connectivity index (χ0v) is 12.6. The summed E-state index contributed by atoms with van der Waals surface area (Å²) >= 11 is 1.11. The lowest BCUT2D eigenvalue weighted by molar-refractivity contribution is -0.134. The van der Waals surface area contributed by atoms with Crippen LogP contribution >= 0.6 is 11.8 Å². The zero-order chi connectivity index (χ0) is 15.6. The van der Waals surface area contributed by atoms with Gasteiger partial charge in [0.1, 0.15) is 5.52 Å². The molecule has 0 fully saturated rings. The first kappa shape index (κ1) is 15.3. The van der Waals surface area contributed by atoms with Gasteiger partial charge in [0.05, 0.1) is 22.9 Å². The molecule has 21 heavy (non-hydrogen) atoms. The monoisotopic (exact) mass is 308 g/mol. The average molecular weight is 308 g/mol. The molecule has 0 bridgehead atoms. The fraction of sp³-hybridized carbons (Fsp3) is 0.385. The number of carbonyl (C=O) groups excluding carboxylic acids is 1. The zero-order valence-electron chi connectivity index (χ0n) is 11.7. The van der Waals surface area contributed by atoms with Crippen molar-refractivity contribution in [1.82, 2.24) is 14.5 Å². The highest BCUT2D eigenvalue weighted by Crippen LogP contribution is 2.28. The Labute approximate surface area is 125 Å². The Bertz CT molecular complexity index is 696. The number of carboxylic acid groups (broad SMARTS) is 1. The number of fused-ring (bicyclic) bond motifs is 1. The highest BCUT2D eigenvalue weighted by atomic mass is 32.2. The Morgan fingerprint density at radius 1 is 1.48 bits per heavy atom. The van der Waals surface area contributed by atoms with Crippen molar-refractivity contribution in [2.45, 2.75) is 25.5 Å². The Hall–Kier alpha value is -2.09. The average Bonchev–Trinajstić information content (AvgIpc) is 2.74. The number of nitrogens with zero attached hydrogens (tertiary/aromatic N) is 3. The van der Waals surface area contributed by atoms with E-state index in [0.717, 1.165) is 17.3 Å². The summed E-state index contributed by atoms with van der Waals surface area (Å²) in [6, 6.07) is 1.78. The van der Waals surface area contributed by atoms with Gasteiger partial charge < -0.3 is 15.4 Å². The van der Waals surface area contributed by atoms with Crippen molar-refractivity contribution in [3.8, 4) is 0 Å². The molecule has 0 saturated carbocycles. The van der Waals surface area contributed by atoms with Crippen LogP contribution < -0.4 is 5.73 Å². The summed E-state index contributed by atoms with van der Waals surface area (Å²) in [5.74, 6) is -1.45. The molecule has 1 amide bonds. The van der Waals surface area contributed by atoms with Crippen molar-refractivity contribution in [1.29, 1.82) is 0 Å². The fourth-order valence-electron chi connectivity index (χ4n) is 1.82. The first-order valence-electron chi connectivity index (χ1n) is 6.26. The van der Waals surface area contributed by atoms with Crippen LogP contribution in [-0.2, 0) is 16.1 Å². The van der Waals surface area contributed by atoms with Gasteiger partial charge in [-0.15, -0.1) is 0 Å². The number of hydrogen-bond donors (Lipinski definition) is 2. The molecule has 112 valence electrons. The Balaban J connectivity index is 2.45. The number of pyridine rings is 1. The third kappa shape index (κ3) is 3.33. The van der Waals surface area contributed by atoms with Gasteiger partial charge in [-0.2, -0.15) is 0 Å². The van der Waals surface area contributed by atoms with Crippen LogP contribution in [0.3, 0.4) is 0 Å². The molecule has 2 rings (SSSR count). The maximum atomic E-state index is 11.5. The molecule has 0 aromatic carbocycles. The van der Waals surface area contributed by atoms with E-state index in [-0.39, 0.29) is 5.75 Å². The van der Waals surface area contributed by atoms with Crippen LogP contribution in [0.1, 0.15) is 13.8 Å². The summed E-state index contributed by atoms with van der Waals surface area (Å²) < 4.78 is 1.81. The molecular formula is C13H16N4O3S. The number of thioether (sulfide) groups is 1. The van der Waals surface area contributed by atoms with Crippen molar-refractivity contribution in [2.75, 3.05) is 5.75 Å². The number of aliphatic carboxylic acids is 1. The summed E-state index contributed by atoms with van der Waals surface area (Å²) in [4.78, 5) is 30.7. The second kappa shape index (κ2) is 5.72. The van der Waals surface area contributed by atoms with Gasteiger partial charge in [-0.1, -0.05) is 11.8 Å². The SMILES string of the molecule is CC(C)(Cn1c(SCC(=O)O)nc2cnccc21)C(N)=O. The molecule has 8 heteroatoms. The molecule has 0 unspecified atom stereocenters. The summed E-state index contributed by atoms with van der Waals surface area (Å²) in [5, 5.41) is 9.35. The number of primary amides is 1. The fourth-order valence-corrected chi connectivity index (χ4v) is 2.56. The molecule has 0 aliphatic carbocycles. The third-order valence-electron chi connectivity index (χ3n) is 3.06. The molecule has 0 saturated heterocycles. The molecule has 2 aromatic rings. The predicted molar refractivity (Wildman–Crippen MR) is 78.9 cm³/mol. The van der Waals surface area contributed by atoms with Gasteiger partial charge in [0.15, 0.2) is 5.16 Å². The molecule has 2 aromatic heterocycles. The van der Waals surface area contributed by atoms with Crippen molar-refractivity contribution >= 4 is 34.7 Å². The Kier molecular flexibility index (Phi) is 4.17. The van der Waals surface area contributed by atoms with Gasteiger partial charge in [0.2, 0.25) is 5.91 Å². The summed E-state index contributed by atoms with van der Waals surface area (Å²) in [5.41, 5.74) is 6.11. The summed E-state index contributed by atoms with van der Waals surface area (Å²) in [6.45, 7) is 3.81. The van der Waals surface area contributed by atoms with Crippen molar-refractivity contribution in [3.05, 3.63) is 18.5 Å². The largest absolute Gasteiger partial charge is 0.481 e. The van der Waals surface area contributed by atoms with Crippen LogP contribution in [0.25, 0.3) is 11.0 Å². The minimum Gasteiger partial charge on any atom is -0.481 e. The smallest absolute Gasteiger partial charge is 0.313 e. The number of amides is 1. The quantitative estimate of drug-likeness (QED) is 0.774. The van der Waals surface area contributed by atoms with Crippen LogP contribution in [0.4, 0.5) is 0 Å². The van der Waals surface area contributed by atoms with Gasteiger partial charge >= 0.3 is 5.97 Å². The number of nitrogens with two attached hydrogens (primary N) is 1. The number of rotatable bonds is 6. The van der Waals surface area contributed by atoms with Crippen molar-refractivity contribution in [2.24, 2.45) is 11.1 Å². The second-order valence-corrected chi connectivity index (χ2v) is 6.22. The van der Waals surface area contributed by atoms with Crippen LogP contribution in [0, 0.1) is 5.41 Å². The van der Waals surface area contributed by atoms with Gasteiger partial charge in [0, 0.05) is 12.7 Å². The molecule has 0 radical (unpaired) electrons. The topological polar surface area (TPSA) is 111 Å². The summed E-state index contributed by atoms with van der Waals surface area (Å²) in [6.07, 6.45) is 3.23. The number of hydrogen-bond acceptors (Lipinski definition) is 5. The van der Waals surface area contributed by atoms with E-state index in [0.29, 0.717) is 17.2 Å². The first-order chi connectivity index (χ1) is 9.81. The number of aromatic nitrogens is 3. The molecule has 0 aliphatic rings. The van der Waals surface area contributed by atoms with Crippen LogP contribution in [-0.4, -0.2) is 37.3 Å². The number of imidazole rings is 1. The molecular weight excluding hydrogens is 292 g/mol. The van der Waals surface area contributed by atoms with E-state index in [9.17, 15) is 9.59 Å². The molecule has 7 nitrogen and oxygen atoms in total. The van der Waals surface area contributed by atoms with Crippen molar-refractivity contribution < 1.29 is 14.7 Å². The van der Waals surface area contributed by atoms with Crippen LogP contribution in [0.2, 0.25) is 0 Å². The Morgan fingerprint density at radius 2 is 2.19 bits per heavy atom. The van der Waals surface area contributed by atoms with Crippen LogP contribution in [0.5, 0.6) is 0 Å². The molecule has 3 N–H and O–H groups in total. The predicted octanol–water partition coefficient (Wildman–Crippen LogP) is 1.12. The van der Waals surface area contributed by atoms with E-state index < -0.39 is 17.3 Å². The van der Waals surface area contributed by atoms with Crippen LogP contribution in [0.15, 0.2) is 23.6 Å². The van der Waals surface area contributed by atoms with Gasteiger partial charge in [-0.05, 0) is 19.9 Å². The molecule has 2 heterocycles. The van der Waals surface area contributed by atoms with E-state index in [4.69, 9.17) is 10.8 Å². The minimum atomic E-state index is -0.925. The maximum Gasteiger partial charge on any atom is 0.313 e. The van der Waals surface area contributed by atoms with E-state index >= 15 is 0 Å². The lowest BCUT2D eigenvalue weighted by Crippen LogP contribution is -2.35. The highest BCUT2D eigenvalue weighted by molar-refractivity contribution is 7.99. The highest BCUT2D eigenvalue weighted by Gasteiger charge is 2.28. The Morgan fingerprint density at radius 3 is 2.81 bits per heavy atom. The van der Waals surface area contributed by atoms with Gasteiger partial charge in [-0.3, -0.25) is 14.6 Å². The normalized spacial score (nSPS) is 11.7. The number of carbonyl (C=O) groups is 2. The van der Waals surface area contributed by atoms with Gasteiger partial charge in [0.25, 0.3) is 0 Å². The lowest BCUT2D eigenvalue weighted by Gasteiger charge is -2.22. The van der Waals surface area contributed by atoms with Crippen molar-refractivity contribution in [3.63, 3.8) is 0 Å². The second-order valence-electron chi connectivity index (χ2n) is 5.28. The first-order valence-corrected chi connectivity index (χ1v) is 7.24. The van der Waals surface area contributed by atoms with E-state index in [1.165, 1.54) is 0 Å². The van der Waals surface area contributed by atoms with E-state index in [1.54, 1.807) is 32.3 Å². The molecule has 0 aliphatic heterocycles. The standard InChI is InChI=1S/C13H16N4O3S/c1-13(2,11(14)20)7-17-9-3-4-15-5-8(9)16-12(17)21-6-10(18)19/h3-5H,6-7H2,1-2H3,(H2,14,20)(H,18,19). The van der Waals surface area contributed by atoms with E-state index in [1.807, 2.05) is 4.57 Å². The molecule has 0 spiro atoms. The number of carboxylic acids is 1. The summed E-state index contributed by atoms with van der Waals surface area (Å²) in [7, 11) is 0. The maximum absolute atomic E-state index is 11.5. The lowest BCUT2D eigenvalue weighted by atomic mass is 9.92. The molecule has 0 atom stereocenters. The van der Waals surface area contributed by atoms with Gasteiger partial charge in [-0.25, -0.2) is 4.98 Å². The minimum absolute atomic E-state index is 0.103. The van der Waals surface area contributed by atoms with E-state index in [2.05, 4.69) is 9.97 Å². The third-order valence-corrected chi connectivity index (χ3v) is 4.02.